The van der Waals surface area contributed by atoms with Crippen LogP contribution in [0.15, 0.2) is 12.4 Å². The molecule has 2 N–H and O–H groups in total. The lowest BCUT2D eigenvalue weighted by molar-refractivity contribution is 0.446. The lowest BCUT2D eigenvalue weighted by Crippen LogP contribution is -2.25. The van der Waals surface area contributed by atoms with Crippen molar-refractivity contribution in [2.24, 2.45) is 18.7 Å². The Balaban J connectivity index is 2.12. The van der Waals surface area contributed by atoms with Crippen molar-refractivity contribution in [3.8, 4) is 0 Å². The Kier molecular flexibility index (Phi) is 4.82. The van der Waals surface area contributed by atoms with E-state index >= 15 is 0 Å². The zero-order valence-corrected chi connectivity index (χ0v) is 10.1. The summed E-state index contributed by atoms with van der Waals surface area (Å²) in [4.78, 5) is 0. The molecule has 1 aromatic heterocycles. The average molecular weight is 209 g/mol. The summed E-state index contributed by atoms with van der Waals surface area (Å²) in [5.74, 6) is 0.600. The maximum atomic E-state index is 5.98. The van der Waals surface area contributed by atoms with Gasteiger partial charge >= 0.3 is 0 Å². The molecule has 0 saturated carbocycles. The van der Waals surface area contributed by atoms with Gasteiger partial charge in [0.05, 0.1) is 6.20 Å². The molecule has 0 fully saturated rings. The van der Waals surface area contributed by atoms with Crippen molar-refractivity contribution in [1.29, 1.82) is 0 Å². The SMILES string of the molecule is CC(C)C(N)CCCCc1cnn(C)c1. The topological polar surface area (TPSA) is 43.8 Å². The molecule has 1 aromatic rings. The van der Waals surface area contributed by atoms with E-state index in [9.17, 15) is 0 Å². The summed E-state index contributed by atoms with van der Waals surface area (Å²) < 4.78 is 1.86. The largest absolute Gasteiger partial charge is 0.327 e. The molecular weight excluding hydrogens is 186 g/mol. The number of nitrogens with two attached hydrogens (primary N) is 1. The Morgan fingerprint density at radius 2 is 2.13 bits per heavy atom. The third-order valence-electron chi connectivity index (χ3n) is 2.87. The normalized spacial score (nSPS) is 13.4. The van der Waals surface area contributed by atoms with Gasteiger partial charge in [-0.25, -0.2) is 0 Å². The monoisotopic (exact) mass is 209 g/mol. The van der Waals surface area contributed by atoms with Crippen LogP contribution in [0, 0.1) is 5.92 Å². The summed E-state index contributed by atoms with van der Waals surface area (Å²) in [5.41, 5.74) is 7.31. The molecule has 0 bridgehead atoms. The lowest BCUT2D eigenvalue weighted by atomic mass is 9.98. The van der Waals surface area contributed by atoms with Crippen LogP contribution in [0.25, 0.3) is 0 Å². The molecule has 0 spiro atoms. The Morgan fingerprint density at radius 3 is 2.67 bits per heavy atom. The van der Waals surface area contributed by atoms with Crippen LogP contribution in [-0.2, 0) is 13.5 Å². The molecule has 15 heavy (non-hydrogen) atoms. The van der Waals surface area contributed by atoms with Crippen LogP contribution in [0.4, 0.5) is 0 Å². The molecule has 1 atom stereocenters. The number of rotatable bonds is 6. The van der Waals surface area contributed by atoms with Gasteiger partial charge in [-0.1, -0.05) is 20.3 Å². The molecular formula is C12H23N3. The number of nitrogens with zero attached hydrogens (tertiary/aromatic N) is 2. The van der Waals surface area contributed by atoms with Crippen LogP contribution in [0.2, 0.25) is 0 Å². The summed E-state index contributed by atoms with van der Waals surface area (Å²) in [6.45, 7) is 4.37. The predicted molar refractivity (Wildman–Crippen MR) is 63.6 cm³/mol. The maximum absolute atomic E-state index is 5.98. The van der Waals surface area contributed by atoms with E-state index in [0.717, 1.165) is 12.8 Å². The lowest BCUT2D eigenvalue weighted by Gasteiger charge is -2.14. The first-order valence-corrected chi connectivity index (χ1v) is 5.82. The zero-order valence-electron chi connectivity index (χ0n) is 10.1. The zero-order chi connectivity index (χ0) is 11.3. The number of aromatic nitrogens is 2. The quantitative estimate of drug-likeness (QED) is 0.729. The fourth-order valence-electron chi connectivity index (χ4n) is 1.64. The van der Waals surface area contributed by atoms with Gasteiger partial charge in [-0.15, -0.1) is 0 Å². The number of aryl methyl sites for hydroxylation is 2. The highest BCUT2D eigenvalue weighted by molar-refractivity contribution is 5.03. The van der Waals surface area contributed by atoms with Crippen molar-refractivity contribution >= 4 is 0 Å². The molecule has 1 heterocycles. The first kappa shape index (κ1) is 12.2. The second-order valence-corrected chi connectivity index (χ2v) is 4.68. The van der Waals surface area contributed by atoms with E-state index in [4.69, 9.17) is 5.73 Å². The molecule has 1 unspecified atom stereocenters. The van der Waals surface area contributed by atoms with Crippen molar-refractivity contribution in [3.05, 3.63) is 18.0 Å². The third kappa shape index (κ3) is 4.47. The van der Waals surface area contributed by atoms with Gasteiger partial charge in [0.25, 0.3) is 0 Å². The molecule has 0 aliphatic heterocycles. The molecule has 86 valence electrons. The minimum atomic E-state index is 0.360. The van der Waals surface area contributed by atoms with Crippen molar-refractivity contribution in [1.82, 2.24) is 9.78 Å². The van der Waals surface area contributed by atoms with Crippen molar-refractivity contribution in [2.75, 3.05) is 0 Å². The Hall–Kier alpha value is -0.830. The highest BCUT2D eigenvalue weighted by Gasteiger charge is 2.06. The molecule has 0 aliphatic rings. The van der Waals surface area contributed by atoms with E-state index in [0.29, 0.717) is 12.0 Å². The van der Waals surface area contributed by atoms with Gasteiger partial charge in [0.15, 0.2) is 0 Å². The van der Waals surface area contributed by atoms with E-state index < -0.39 is 0 Å². The summed E-state index contributed by atoms with van der Waals surface area (Å²) in [7, 11) is 1.96. The molecule has 0 radical (unpaired) electrons. The summed E-state index contributed by atoms with van der Waals surface area (Å²) in [5, 5.41) is 4.15. The van der Waals surface area contributed by atoms with E-state index in [1.807, 2.05) is 17.9 Å². The first-order valence-electron chi connectivity index (χ1n) is 5.82. The average Bonchev–Trinajstić information content (AvgIpc) is 2.58. The summed E-state index contributed by atoms with van der Waals surface area (Å²) in [6, 6.07) is 0.360. The number of hydrogen-bond donors (Lipinski definition) is 1. The van der Waals surface area contributed by atoms with Crippen LogP contribution in [-0.4, -0.2) is 15.8 Å². The summed E-state index contributed by atoms with van der Waals surface area (Å²) in [6.07, 6.45) is 8.72. The minimum absolute atomic E-state index is 0.360. The van der Waals surface area contributed by atoms with Crippen LogP contribution in [0.3, 0.4) is 0 Å². The van der Waals surface area contributed by atoms with Gasteiger partial charge in [0.1, 0.15) is 0 Å². The van der Waals surface area contributed by atoms with Crippen LogP contribution in [0.1, 0.15) is 38.7 Å². The molecule has 3 nitrogen and oxygen atoms in total. The van der Waals surface area contributed by atoms with Gasteiger partial charge in [0.2, 0.25) is 0 Å². The van der Waals surface area contributed by atoms with Crippen LogP contribution < -0.4 is 5.73 Å². The maximum Gasteiger partial charge on any atom is 0.0521 e. The van der Waals surface area contributed by atoms with Crippen molar-refractivity contribution in [3.63, 3.8) is 0 Å². The Bertz CT molecular complexity index is 278. The second kappa shape index (κ2) is 5.91. The molecule has 0 saturated heterocycles. The highest BCUT2D eigenvalue weighted by Crippen LogP contribution is 2.10. The van der Waals surface area contributed by atoms with Gasteiger partial charge in [0, 0.05) is 19.3 Å². The van der Waals surface area contributed by atoms with Gasteiger partial charge in [-0.05, 0) is 30.7 Å². The fourth-order valence-corrected chi connectivity index (χ4v) is 1.64. The van der Waals surface area contributed by atoms with Gasteiger partial charge in [-0.2, -0.15) is 5.10 Å². The minimum Gasteiger partial charge on any atom is -0.327 e. The van der Waals surface area contributed by atoms with E-state index in [1.54, 1.807) is 0 Å². The van der Waals surface area contributed by atoms with E-state index in [2.05, 4.69) is 25.1 Å². The van der Waals surface area contributed by atoms with Crippen molar-refractivity contribution in [2.45, 2.75) is 45.6 Å². The van der Waals surface area contributed by atoms with E-state index in [-0.39, 0.29) is 0 Å². The predicted octanol–water partition coefficient (Wildman–Crippen LogP) is 2.12. The molecule has 0 aliphatic carbocycles. The fraction of sp³-hybridized carbons (Fsp3) is 0.750. The third-order valence-corrected chi connectivity index (χ3v) is 2.87. The molecule has 3 heteroatoms. The van der Waals surface area contributed by atoms with Crippen LogP contribution in [0.5, 0.6) is 0 Å². The highest BCUT2D eigenvalue weighted by atomic mass is 15.2. The molecule has 1 rings (SSSR count). The Morgan fingerprint density at radius 1 is 1.40 bits per heavy atom. The van der Waals surface area contributed by atoms with Crippen molar-refractivity contribution < 1.29 is 0 Å². The molecule has 0 aromatic carbocycles. The molecule has 0 amide bonds. The van der Waals surface area contributed by atoms with Gasteiger partial charge in [-0.3, -0.25) is 4.68 Å². The standard InChI is InChI=1S/C12H23N3/c1-10(2)12(13)7-5-4-6-11-8-14-15(3)9-11/h8-10,12H,4-7,13H2,1-3H3. The second-order valence-electron chi connectivity index (χ2n) is 4.68. The Labute approximate surface area is 92.7 Å². The smallest absolute Gasteiger partial charge is 0.0521 e. The number of unbranched alkanes of at least 4 members (excludes halogenated alkanes) is 1. The van der Waals surface area contributed by atoms with E-state index in [1.165, 1.54) is 18.4 Å². The first-order chi connectivity index (χ1) is 7.09. The van der Waals surface area contributed by atoms with Gasteiger partial charge < -0.3 is 5.73 Å². The van der Waals surface area contributed by atoms with Crippen LogP contribution >= 0.6 is 0 Å². The summed E-state index contributed by atoms with van der Waals surface area (Å²) >= 11 is 0. The number of hydrogen-bond acceptors (Lipinski definition) is 2.